The minimum atomic E-state index is -0.753. The van der Waals surface area contributed by atoms with E-state index in [1.807, 2.05) is 43.6 Å². The quantitative estimate of drug-likeness (QED) is 0.369. The summed E-state index contributed by atoms with van der Waals surface area (Å²) >= 11 is 4.95. The van der Waals surface area contributed by atoms with Gasteiger partial charge in [0.05, 0.1) is 5.54 Å². The summed E-state index contributed by atoms with van der Waals surface area (Å²) in [5.74, 6) is 6.01. The van der Waals surface area contributed by atoms with Crippen LogP contribution in [0.2, 0.25) is 0 Å². The molecule has 27 heavy (non-hydrogen) atoms. The summed E-state index contributed by atoms with van der Waals surface area (Å²) < 4.78 is 5.59. The average Bonchev–Trinajstić information content (AvgIpc) is 3.10. The van der Waals surface area contributed by atoms with Crippen LogP contribution < -0.4 is 10.8 Å². The molecule has 0 aliphatic heterocycles. The molecule has 136 valence electrons. The summed E-state index contributed by atoms with van der Waals surface area (Å²) in [6, 6.07) is 16.3. The van der Waals surface area contributed by atoms with Crippen LogP contribution in [0.1, 0.15) is 35.5 Å². The second-order valence-corrected chi connectivity index (χ2v) is 6.90. The second-order valence-electron chi connectivity index (χ2n) is 6.50. The standard InChI is InChI=1S/C21H18N2O3S/c1-21(2,12-11-14-7-9-15(10-8-14)20(27)23-25)22-19(24)18-13-16-5-3-4-6-17(16)26-18/h3-10,13,25H,1-2H3,(H,22,24)(H,23,27). The Balaban J connectivity index is 1.72. The normalized spacial score (nSPS) is 10.8. The maximum atomic E-state index is 12.5. The Morgan fingerprint density at radius 1 is 1.15 bits per heavy atom. The number of fused-ring (bicyclic) bond motifs is 1. The number of rotatable bonds is 3. The van der Waals surface area contributed by atoms with Crippen molar-refractivity contribution in [2.24, 2.45) is 0 Å². The van der Waals surface area contributed by atoms with Gasteiger partial charge in [-0.1, -0.05) is 54.4 Å². The maximum Gasteiger partial charge on any atom is 0.288 e. The van der Waals surface area contributed by atoms with Crippen molar-refractivity contribution in [2.45, 2.75) is 19.4 Å². The third-order valence-corrected chi connectivity index (χ3v) is 4.17. The highest BCUT2D eigenvalue weighted by Gasteiger charge is 2.21. The Bertz CT molecular complexity index is 1020. The van der Waals surface area contributed by atoms with Crippen molar-refractivity contribution >= 4 is 34.1 Å². The maximum absolute atomic E-state index is 12.5. The number of furan rings is 1. The Hall–Kier alpha value is -3.14. The molecule has 1 heterocycles. The molecule has 0 saturated carbocycles. The van der Waals surface area contributed by atoms with E-state index in [-0.39, 0.29) is 16.7 Å². The smallest absolute Gasteiger partial charge is 0.288 e. The van der Waals surface area contributed by atoms with Crippen LogP contribution in [0.3, 0.4) is 0 Å². The summed E-state index contributed by atoms with van der Waals surface area (Å²) in [4.78, 5) is 12.7. The first kappa shape index (κ1) is 18.6. The molecule has 3 N–H and O–H groups in total. The highest BCUT2D eigenvalue weighted by atomic mass is 32.1. The van der Waals surface area contributed by atoms with Crippen LogP contribution in [0.5, 0.6) is 0 Å². The van der Waals surface area contributed by atoms with Crippen LogP contribution in [0, 0.1) is 11.8 Å². The largest absolute Gasteiger partial charge is 0.451 e. The van der Waals surface area contributed by atoms with Gasteiger partial charge in [-0.2, -0.15) is 0 Å². The summed E-state index contributed by atoms with van der Waals surface area (Å²) in [5, 5.41) is 12.6. The van der Waals surface area contributed by atoms with E-state index in [0.29, 0.717) is 11.1 Å². The topological polar surface area (TPSA) is 74.5 Å². The van der Waals surface area contributed by atoms with E-state index in [1.165, 1.54) is 0 Å². The minimum Gasteiger partial charge on any atom is -0.451 e. The molecular formula is C21H18N2O3S. The average molecular weight is 378 g/mol. The van der Waals surface area contributed by atoms with Crippen molar-refractivity contribution < 1.29 is 14.4 Å². The minimum absolute atomic E-state index is 0.243. The summed E-state index contributed by atoms with van der Waals surface area (Å²) in [7, 11) is 0. The molecule has 1 amide bonds. The Labute approximate surface area is 162 Å². The molecule has 3 aromatic rings. The van der Waals surface area contributed by atoms with Crippen LogP contribution >= 0.6 is 12.2 Å². The molecule has 0 aliphatic carbocycles. The molecule has 0 spiro atoms. The second kappa shape index (κ2) is 7.62. The van der Waals surface area contributed by atoms with Crippen LogP contribution in [-0.2, 0) is 0 Å². The lowest BCUT2D eigenvalue weighted by atomic mass is 10.0. The van der Waals surface area contributed by atoms with Gasteiger partial charge in [0, 0.05) is 16.5 Å². The lowest BCUT2D eigenvalue weighted by molar-refractivity contribution is 0.0904. The van der Waals surface area contributed by atoms with Crippen molar-refractivity contribution in [3.63, 3.8) is 0 Å². The van der Waals surface area contributed by atoms with Gasteiger partial charge >= 0.3 is 0 Å². The van der Waals surface area contributed by atoms with E-state index in [0.717, 1.165) is 10.9 Å². The van der Waals surface area contributed by atoms with Gasteiger partial charge in [-0.25, -0.2) is 0 Å². The van der Waals surface area contributed by atoms with Gasteiger partial charge in [0.15, 0.2) is 5.76 Å². The Kier molecular flexibility index (Phi) is 5.26. The van der Waals surface area contributed by atoms with Gasteiger partial charge in [0.1, 0.15) is 10.6 Å². The Morgan fingerprint density at radius 3 is 2.52 bits per heavy atom. The predicted molar refractivity (Wildman–Crippen MR) is 108 cm³/mol. The summed E-state index contributed by atoms with van der Waals surface area (Å²) in [6.45, 7) is 3.64. The van der Waals surface area contributed by atoms with Crippen molar-refractivity contribution in [2.75, 3.05) is 0 Å². The number of hydroxylamine groups is 1. The van der Waals surface area contributed by atoms with Crippen LogP contribution in [0.25, 0.3) is 11.0 Å². The molecule has 0 fully saturated rings. The molecular weight excluding hydrogens is 360 g/mol. The first-order valence-corrected chi connectivity index (χ1v) is 8.67. The van der Waals surface area contributed by atoms with Crippen molar-refractivity contribution in [1.82, 2.24) is 10.8 Å². The van der Waals surface area contributed by atoms with Crippen LogP contribution in [-0.4, -0.2) is 21.6 Å². The van der Waals surface area contributed by atoms with Crippen molar-refractivity contribution in [3.05, 3.63) is 71.5 Å². The number of hydrogen-bond donors (Lipinski definition) is 3. The zero-order valence-electron chi connectivity index (χ0n) is 14.9. The van der Waals surface area contributed by atoms with Crippen LogP contribution in [0.4, 0.5) is 0 Å². The molecule has 5 nitrogen and oxygen atoms in total. The predicted octanol–water partition coefficient (Wildman–Crippen LogP) is 3.65. The highest BCUT2D eigenvalue weighted by Crippen LogP contribution is 2.19. The molecule has 0 radical (unpaired) electrons. The molecule has 0 atom stereocenters. The SMILES string of the molecule is CC(C)(C#Cc1ccc(C(=S)NO)cc1)NC(=O)c1cc2ccccc2o1. The van der Waals surface area contributed by atoms with Gasteiger partial charge in [-0.15, -0.1) is 0 Å². The first-order valence-electron chi connectivity index (χ1n) is 8.27. The molecule has 0 aliphatic rings. The van der Waals surface area contributed by atoms with Gasteiger partial charge in [-0.3, -0.25) is 15.5 Å². The summed E-state index contributed by atoms with van der Waals surface area (Å²) in [5.41, 5.74) is 3.32. The highest BCUT2D eigenvalue weighted by molar-refractivity contribution is 7.80. The summed E-state index contributed by atoms with van der Waals surface area (Å²) in [6.07, 6.45) is 0. The molecule has 6 heteroatoms. The zero-order chi connectivity index (χ0) is 19.4. The fourth-order valence-corrected chi connectivity index (χ4v) is 2.60. The number of amides is 1. The first-order chi connectivity index (χ1) is 12.9. The van der Waals surface area contributed by atoms with E-state index in [2.05, 4.69) is 17.2 Å². The van der Waals surface area contributed by atoms with Crippen molar-refractivity contribution in [3.8, 4) is 11.8 Å². The fourth-order valence-electron chi connectivity index (χ4n) is 2.47. The van der Waals surface area contributed by atoms with E-state index >= 15 is 0 Å². The van der Waals surface area contributed by atoms with E-state index in [1.54, 1.807) is 30.3 Å². The van der Waals surface area contributed by atoms with E-state index in [4.69, 9.17) is 21.8 Å². The third kappa shape index (κ3) is 4.53. The molecule has 0 saturated heterocycles. The molecule has 0 bridgehead atoms. The molecule has 0 unspecified atom stereocenters. The van der Waals surface area contributed by atoms with E-state index in [9.17, 15) is 4.79 Å². The third-order valence-electron chi connectivity index (χ3n) is 3.84. The molecule has 1 aromatic heterocycles. The number of thiocarbonyl (C=S) groups is 1. The van der Waals surface area contributed by atoms with Gasteiger partial charge in [-0.05, 0) is 38.1 Å². The number of carbonyl (C=O) groups excluding carboxylic acids is 1. The Morgan fingerprint density at radius 2 is 1.85 bits per heavy atom. The number of hydrogen-bond acceptors (Lipinski definition) is 4. The van der Waals surface area contributed by atoms with Gasteiger partial charge < -0.3 is 9.73 Å². The number of para-hydroxylation sites is 1. The fraction of sp³-hybridized carbons (Fsp3) is 0.143. The number of benzene rings is 2. The van der Waals surface area contributed by atoms with Gasteiger partial charge in [0.2, 0.25) is 0 Å². The molecule has 2 aromatic carbocycles. The van der Waals surface area contributed by atoms with E-state index < -0.39 is 5.54 Å². The van der Waals surface area contributed by atoms with Crippen LogP contribution in [0.15, 0.2) is 59.0 Å². The van der Waals surface area contributed by atoms with Gasteiger partial charge in [0.25, 0.3) is 5.91 Å². The monoisotopic (exact) mass is 378 g/mol. The lowest BCUT2D eigenvalue weighted by Gasteiger charge is -2.18. The lowest BCUT2D eigenvalue weighted by Crippen LogP contribution is -2.42. The number of carbonyl (C=O) groups is 1. The molecule has 3 rings (SSSR count). The number of nitrogens with one attached hydrogen (secondary N) is 2. The van der Waals surface area contributed by atoms with Crippen molar-refractivity contribution in [1.29, 1.82) is 0 Å². The zero-order valence-corrected chi connectivity index (χ0v) is 15.7.